The van der Waals surface area contributed by atoms with E-state index in [1.54, 1.807) is 12.4 Å². The quantitative estimate of drug-likeness (QED) is 0.504. The van der Waals surface area contributed by atoms with Crippen molar-refractivity contribution in [3.8, 4) is 0 Å². The van der Waals surface area contributed by atoms with Crippen molar-refractivity contribution in [2.24, 2.45) is 4.99 Å². The van der Waals surface area contributed by atoms with Gasteiger partial charge in [-0.05, 0) is 27.1 Å². The lowest BCUT2D eigenvalue weighted by molar-refractivity contribution is 0.126. The molecule has 20 heavy (non-hydrogen) atoms. The van der Waals surface area contributed by atoms with Crippen LogP contribution in [0.3, 0.4) is 0 Å². The molecule has 1 aromatic rings. The molecule has 0 aliphatic heterocycles. The summed E-state index contributed by atoms with van der Waals surface area (Å²) in [5.41, 5.74) is 0.947. The number of ether oxygens (including phenoxy) is 1. The molecule has 0 spiro atoms. The maximum absolute atomic E-state index is 5.35. The Bertz CT molecular complexity index is 527. The summed E-state index contributed by atoms with van der Waals surface area (Å²) < 4.78 is 5.35. The zero-order chi connectivity index (χ0) is 14.8. The van der Waals surface area contributed by atoms with E-state index in [0.29, 0.717) is 0 Å². The van der Waals surface area contributed by atoms with Crippen LogP contribution in [-0.4, -0.2) is 55.2 Å². The largest absolute Gasteiger partial charge is 0.380 e. The molecule has 0 aromatic carbocycles. The first-order chi connectivity index (χ1) is 9.72. The zero-order valence-corrected chi connectivity index (χ0v) is 12.7. The highest BCUT2D eigenvalue weighted by molar-refractivity contribution is 5.39. The van der Waals surface area contributed by atoms with Gasteiger partial charge in [0.2, 0.25) is 0 Å². The van der Waals surface area contributed by atoms with Crippen LogP contribution in [0.1, 0.15) is 19.5 Å². The molecule has 5 heteroatoms. The average molecular weight is 276 g/mol. The van der Waals surface area contributed by atoms with Crippen molar-refractivity contribution in [2.75, 3.05) is 33.4 Å². The van der Waals surface area contributed by atoms with E-state index in [4.69, 9.17) is 4.74 Å². The number of aliphatic imine (C=N–C) groups is 1. The summed E-state index contributed by atoms with van der Waals surface area (Å²) in [4.78, 5) is 6.07. The Balaban J connectivity index is 2.87. The van der Waals surface area contributed by atoms with Gasteiger partial charge < -0.3 is 9.64 Å². The molecule has 1 heterocycles. The van der Waals surface area contributed by atoms with Crippen LogP contribution in [-0.2, 0) is 11.2 Å². The normalized spacial score (nSPS) is 13.2. The maximum atomic E-state index is 5.35. The monoisotopic (exact) mass is 276 g/mol. The van der Waals surface area contributed by atoms with Crippen LogP contribution in [0.5, 0.6) is 0 Å². The standard InChI is InChI=1S/C15H24N4O/c1-5-15-14(12-16-3)13(11-17-18-15)7-8-19(4)9-10-20-6-2/h7,11-12H,3,5-6,8-10H2,1-2,4H3/b13-7-,14-12+. The Morgan fingerprint density at radius 1 is 1.45 bits per heavy atom. The smallest absolute Gasteiger partial charge is 0.0721 e. The first kappa shape index (κ1) is 16.5. The molecule has 0 radical (unpaired) electrons. The lowest BCUT2D eigenvalue weighted by Gasteiger charge is -2.13. The first-order valence-electron chi connectivity index (χ1n) is 6.96. The van der Waals surface area contributed by atoms with E-state index in [2.05, 4.69) is 46.9 Å². The van der Waals surface area contributed by atoms with Crippen LogP contribution in [0.15, 0.2) is 11.2 Å². The van der Waals surface area contributed by atoms with E-state index in [9.17, 15) is 0 Å². The highest BCUT2D eigenvalue weighted by Gasteiger charge is 1.98. The Morgan fingerprint density at radius 3 is 2.90 bits per heavy atom. The minimum absolute atomic E-state index is 0.753. The van der Waals surface area contributed by atoms with Gasteiger partial charge in [0.25, 0.3) is 0 Å². The summed E-state index contributed by atoms with van der Waals surface area (Å²) in [5.74, 6) is 0. The maximum Gasteiger partial charge on any atom is 0.0721 e. The fourth-order valence-corrected chi connectivity index (χ4v) is 1.83. The number of rotatable bonds is 8. The molecule has 0 atom stereocenters. The molecule has 0 saturated heterocycles. The summed E-state index contributed by atoms with van der Waals surface area (Å²) in [7, 11) is 2.07. The van der Waals surface area contributed by atoms with Gasteiger partial charge in [0.05, 0.1) is 18.5 Å². The molecule has 0 amide bonds. The minimum Gasteiger partial charge on any atom is -0.380 e. The topological polar surface area (TPSA) is 50.6 Å². The molecule has 0 fully saturated rings. The molecule has 110 valence electrons. The SMILES string of the molecule is C=N/C=c1/c(CC)nnc/c1=C/CN(C)CCOCC. The van der Waals surface area contributed by atoms with E-state index in [1.165, 1.54) is 0 Å². The second-order valence-electron chi connectivity index (χ2n) is 4.49. The molecule has 5 nitrogen and oxygen atoms in total. The predicted molar refractivity (Wildman–Crippen MR) is 83.1 cm³/mol. The minimum atomic E-state index is 0.753. The molecule has 1 rings (SSSR count). The van der Waals surface area contributed by atoms with E-state index < -0.39 is 0 Å². The van der Waals surface area contributed by atoms with Crippen molar-refractivity contribution in [3.63, 3.8) is 0 Å². The van der Waals surface area contributed by atoms with Crippen molar-refractivity contribution in [1.29, 1.82) is 0 Å². The highest BCUT2D eigenvalue weighted by Crippen LogP contribution is 1.85. The number of hydrogen-bond donors (Lipinski definition) is 0. The highest BCUT2D eigenvalue weighted by atomic mass is 16.5. The number of aryl methyl sites for hydroxylation is 1. The lowest BCUT2D eigenvalue weighted by atomic mass is 10.2. The number of nitrogens with zero attached hydrogens (tertiary/aromatic N) is 4. The van der Waals surface area contributed by atoms with Gasteiger partial charge in [-0.1, -0.05) is 13.0 Å². The summed E-state index contributed by atoms with van der Waals surface area (Å²) in [6, 6.07) is 0. The van der Waals surface area contributed by atoms with Crippen LogP contribution in [0.4, 0.5) is 0 Å². The number of aromatic nitrogens is 2. The van der Waals surface area contributed by atoms with Gasteiger partial charge in [0, 0.05) is 36.3 Å². The number of likely N-dealkylation sites (N-methyl/N-ethyl adjacent to an activating group) is 1. The van der Waals surface area contributed by atoms with Crippen molar-refractivity contribution < 1.29 is 4.74 Å². The van der Waals surface area contributed by atoms with Crippen LogP contribution in [0.2, 0.25) is 0 Å². The van der Waals surface area contributed by atoms with Gasteiger partial charge in [-0.25, -0.2) is 0 Å². The van der Waals surface area contributed by atoms with Crippen molar-refractivity contribution in [1.82, 2.24) is 15.1 Å². The van der Waals surface area contributed by atoms with Gasteiger partial charge in [-0.3, -0.25) is 4.99 Å². The van der Waals surface area contributed by atoms with Crippen LogP contribution >= 0.6 is 0 Å². The summed E-state index contributed by atoms with van der Waals surface area (Å²) in [5, 5.41) is 10.2. The van der Waals surface area contributed by atoms with E-state index in [1.807, 2.05) is 6.92 Å². The lowest BCUT2D eigenvalue weighted by Crippen LogP contribution is -2.33. The fourth-order valence-electron chi connectivity index (χ4n) is 1.83. The molecule has 0 aliphatic rings. The van der Waals surface area contributed by atoms with Crippen LogP contribution < -0.4 is 10.4 Å². The second kappa shape index (κ2) is 9.34. The Labute approximate surface area is 120 Å². The van der Waals surface area contributed by atoms with Crippen molar-refractivity contribution in [2.45, 2.75) is 20.3 Å². The fraction of sp³-hybridized carbons (Fsp3) is 0.533. The molecule has 0 bridgehead atoms. The van der Waals surface area contributed by atoms with Crippen molar-refractivity contribution in [3.05, 3.63) is 22.3 Å². The van der Waals surface area contributed by atoms with Gasteiger partial charge in [-0.15, -0.1) is 0 Å². The van der Waals surface area contributed by atoms with Gasteiger partial charge in [0.15, 0.2) is 0 Å². The van der Waals surface area contributed by atoms with E-state index in [0.717, 1.165) is 48.9 Å². The number of hydrogen-bond acceptors (Lipinski definition) is 5. The molecule has 0 N–H and O–H groups in total. The van der Waals surface area contributed by atoms with Gasteiger partial charge in [0.1, 0.15) is 0 Å². The third-order valence-electron chi connectivity index (χ3n) is 3.00. The molecular formula is C15H24N4O. The molecular weight excluding hydrogens is 252 g/mol. The second-order valence-corrected chi connectivity index (χ2v) is 4.49. The average Bonchev–Trinajstić information content (AvgIpc) is 2.46. The molecule has 0 saturated carbocycles. The first-order valence-corrected chi connectivity index (χ1v) is 6.96. The molecule has 0 aliphatic carbocycles. The Morgan fingerprint density at radius 2 is 2.25 bits per heavy atom. The van der Waals surface area contributed by atoms with Crippen LogP contribution in [0.25, 0.3) is 12.3 Å². The molecule has 1 aromatic heterocycles. The van der Waals surface area contributed by atoms with E-state index >= 15 is 0 Å². The van der Waals surface area contributed by atoms with Gasteiger partial charge in [-0.2, -0.15) is 10.2 Å². The van der Waals surface area contributed by atoms with Gasteiger partial charge >= 0.3 is 0 Å². The predicted octanol–water partition coefficient (Wildman–Crippen LogP) is 0.226. The third-order valence-corrected chi connectivity index (χ3v) is 3.00. The Kier molecular flexibility index (Phi) is 7.69. The Hall–Kier alpha value is -1.59. The molecule has 0 unspecified atom stereocenters. The van der Waals surface area contributed by atoms with Crippen LogP contribution in [0, 0.1) is 0 Å². The summed E-state index contributed by atoms with van der Waals surface area (Å²) in [6.07, 6.45) is 6.49. The van der Waals surface area contributed by atoms with Crippen molar-refractivity contribution >= 4 is 19.0 Å². The van der Waals surface area contributed by atoms with E-state index in [-0.39, 0.29) is 0 Å². The summed E-state index contributed by atoms with van der Waals surface area (Å²) >= 11 is 0. The zero-order valence-electron chi connectivity index (χ0n) is 12.7. The third kappa shape index (κ3) is 5.19. The summed E-state index contributed by atoms with van der Waals surface area (Å²) in [6.45, 7) is 10.8.